The van der Waals surface area contributed by atoms with Gasteiger partial charge in [0, 0.05) is 23.3 Å². The first-order valence-electron chi connectivity index (χ1n) is 6.35. The van der Waals surface area contributed by atoms with Gasteiger partial charge in [0.15, 0.2) is 11.5 Å². The Hall–Kier alpha value is -3.82. The molecule has 1 aliphatic carbocycles. The highest BCUT2D eigenvalue weighted by molar-refractivity contribution is 6.31. The average molecular weight is 330 g/mol. The van der Waals surface area contributed by atoms with Gasteiger partial charge in [-0.05, 0) is 6.07 Å². The van der Waals surface area contributed by atoms with Crippen LogP contribution in [0.4, 0.5) is 11.4 Å². The fraction of sp³-hybridized carbons (Fsp3) is 0. The van der Waals surface area contributed by atoms with Gasteiger partial charge in [0.25, 0.3) is 5.69 Å². The zero-order valence-electron chi connectivity index (χ0n) is 11.5. The van der Waals surface area contributed by atoms with E-state index in [2.05, 4.69) is 0 Å². The molecular weight excluding hydrogens is 324 g/mol. The lowest BCUT2D eigenvalue weighted by molar-refractivity contribution is -0.386. The summed E-state index contributed by atoms with van der Waals surface area (Å²) in [5.74, 6) is -4.25. The summed E-state index contributed by atoms with van der Waals surface area (Å²) >= 11 is 0. The van der Waals surface area contributed by atoms with Crippen LogP contribution < -0.4 is 0 Å². The van der Waals surface area contributed by atoms with Crippen molar-refractivity contribution in [3.8, 4) is 11.5 Å². The Morgan fingerprint density at radius 1 is 0.792 bits per heavy atom. The van der Waals surface area contributed by atoms with E-state index in [0.29, 0.717) is 6.07 Å². The SMILES string of the molecule is O=C1c2cc([N+](=O)[O-])c(O)c(O)c2C(=O)c2cccc([N+](=O)[O-])c21. The largest absolute Gasteiger partial charge is 0.504 e. The van der Waals surface area contributed by atoms with E-state index < -0.39 is 61.0 Å². The number of ketones is 2. The Kier molecular flexibility index (Phi) is 3.04. The number of rotatable bonds is 2. The van der Waals surface area contributed by atoms with Gasteiger partial charge in [-0.1, -0.05) is 6.07 Å². The number of phenolic OH excluding ortho intramolecular Hbond substituents is 2. The summed E-state index contributed by atoms with van der Waals surface area (Å²) in [4.78, 5) is 45.1. The highest BCUT2D eigenvalue weighted by atomic mass is 16.6. The number of carbonyl (C=O) groups excluding carboxylic acids is 2. The van der Waals surface area contributed by atoms with Crippen LogP contribution >= 0.6 is 0 Å². The molecule has 0 spiro atoms. The molecule has 0 bridgehead atoms. The summed E-state index contributed by atoms with van der Waals surface area (Å²) in [6, 6.07) is 3.98. The fourth-order valence-corrected chi connectivity index (χ4v) is 2.58. The van der Waals surface area contributed by atoms with Crippen molar-refractivity contribution in [3.63, 3.8) is 0 Å². The van der Waals surface area contributed by atoms with Gasteiger partial charge in [-0.15, -0.1) is 0 Å². The Balaban J connectivity index is 2.40. The van der Waals surface area contributed by atoms with Crippen LogP contribution in [0.1, 0.15) is 31.8 Å². The first-order valence-corrected chi connectivity index (χ1v) is 6.35. The second-order valence-corrected chi connectivity index (χ2v) is 4.89. The number of nitro benzene ring substituents is 2. The molecule has 0 aliphatic heterocycles. The monoisotopic (exact) mass is 330 g/mol. The number of nitrogens with zero attached hydrogens (tertiary/aromatic N) is 2. The van der Waals surface area contributed by atoms with Gasteiger partial charge in [0.1, 0.15) is 5.56 Å². The fourth-order valence-electron chi connectivity index (χ4n) is 2.58. The molecule has 24 heavy (non-hydrogen) atoms. The molecule has 0 heterocycles. The van der Waals surface area contributed by atoms with Gasteiger partial charge in [-0.25, -0.2) is 0 Å². The van der Waals surface area contributed by atoms with Gasteiger partial charge < -0.3 is 10.2 Å². The molecule has 3 rings (SSSR count). The molecule has 0 saturated carbocycles. The smallest absolute Gasteiger partial charge is 0.315 e. The van der Waals surface area contributed by atoms with Crippen LogP contribution in [0.25, 0.3) is 0 Å². The second-order valence-electron chi connectivity index (χ2n) is 4.89. The maximum atomic E-state index is 12.5. The van der Waals surface area contributed by atoms with Crippen molar-refractivity contribution in [1.82, 2.24) is 0 Å². The van der Waals surface area contributed by atoms with E-state index in [1.807, 2.05) is 0 Å². The maximum Gasteiger partial charge on any atom is 0.315 e. The van der Waals surface area contributed by atoms with Gasteiger partial charge in [-0.3, -0.25) is 29.8 Å². The zero-order valence-corrected chi connectivity index (χ0v) is 11.5. The minimum Gasteiger partial charge on any atom is -0.504 e. The number of hydrogen-bond donors (Lipinski definition) is 2. The van der Waals surface area contributed by atoms with Crippen molar-refractivity contribution in [2.24, 2.45) is 0 Å². The van der Waals surface area contributed by atoms with Crippen molar-refractivity contribution in [2.45, 2.75) is 0 Å². The summed E-state index contributed by atoms with van der Waals surface area (Å²) in [6.45, 7) is 0. The van der Waals surface area contributed by atoms with E-state index in [9.17, 15) is 40.0 Å². The van der Waals surface area contributed by atoms with E-state index in [4.69, 9.17) is 0 Å². The van der Waals surface area contributed by atoms with Crippen molar-refractivity contribution in [1.29, 1.82) is 0 Å². The molecular formula is C14H6N2O8. The van der Waals surface area contributed by atoms with Crippen molar-refractivity contribution < 1.29 is 29.6 Å². The molecule has 2 N–H and O–H groups in total. The normalized spacial score (nSPS) is 12.5. The Morgan fingerprint density at radius 3 is 1.96 bits per heavy atom. The van der Waals surface area contributed by atoms with E-state index in [-0.39, 0.29) is 5.56 Å². The van der Waals surface area contributed by atoms with Crippen LogP contribution in [0.5, 0.6) is 11.5 Å². The maximum absolute atomic E-state index is 12.5. The predicted molar refractivity (Wildman–Crippen MR) is 76.4 cm³/mol. The molecule has 1 aliphatic rings. The molecule has 2 aromatic carbocycles. The second kappa shape index (κ2) is 4.84. The molecule has 0 aromatic heterocycles. The van der Waals surface area contributed by atoms with E-state index in [1.54, 1.807) is 0 Å². The average Bonchev–Trinajstić information content (AvgIpc) is 2.53. The molecule has 0 saturated heterocycles. The number of fused-ring (bicyclic) bond motifs is 2. The van der Waals surface area contributed by atoms with Gasteiger partial charge >= 0.3 is 5.69 Å². The third-order valence-corrected chi connectivity index (χ3v) is 3.63. The van der Waals surface area contributed by atoms with Crippen LogP contribution in [0.2, 0.25) is 0 Å². The molecule has 120 valence electrons. The summed E-state index contributed by atoms with van der Waals surface area (Å²) in [6.07, 6.45) is 0. The van der Waals surface area contributed by atoms with Crippen LogP contribution in [-0.4, -0.2) is 31.6 Å². The van der Waals surface area contributed by atoms with E-state index >= 15 is 0 Å². The van der Waals surface area contributed by atoms with Crippen molar-refractivity contribution in [2.75, 3.05) is 0 Å². The third kappa shape index (κ3) is 1.83. The number of benzene rings is 2. The standard InChI is InChI=1S/C14H6N2O8/c17-11-5-2-1-3-7(15(21)22)9(5)12(18)6-4-8(16(23)24)13(19)14(20)10(6)11/h1-4,19-20H. The summed E-state index contributed by atoms with van der Waals surface area (Å²) in [7, 11) is 0. The number of hydrogen-bond acceptors (Lipinski definition) is 8. The Morgan fingerprint density at radius 2 is 1.38 bits per heavy atom. The number of carbonyl (C=O) groups is 2. The highest BCUT2D eigenvalue weighted by Crippen LogP contribution is 2.44. The summed E-state index contributed by atoms with van der Waals surface area (Å²) in [5.41, 5.74) is -3.68. The minimum atomic E-state index is -1.16. The highest BCUT2D eigenvalue weighted by Gasteiger charge is 2.40. The first kappa shape index (κ1) is 15.1. The lowest BCUT2D eigenvalue weighted by atomic mass is 9.82. The molecule has 10 heteroatoms. The Bertz CT molecular complexity index is 979. The molecule has 0 atom stereocenters. The quantitative estimate of drug-likeness (QED) is 0.407. The molecule has 0 fully saturated rings. The van der Waals surface area contributed by atoms with Crippen LogP contribution in [-0.2, 0) is 0 Å². The number of nitro groups is 2. The Labute approximate surface area is 131 Å². The van der Waals surface area contributed by atoms with E-state index in [0.717, 1.165) is 12.1 Å². The first-order chi connectivity index (χ1) is 11.3. The van der Waals surface area contributed by atoms with Crippen molar-refractivity contribution in [3.05, 3.63) is 66.7 Å². The number of phenols is 2. The molecule has 10 nitrogen and oxygen atoms in total. The van der Waals surface area contributed by atoms with Gasteiger partial charge in [-0.2, -0.15) is 0 Å². The minimum absolute atomic E-state index is 0.328. The molecule has 0 unspecified atom stereocenters. The van der Waals surface area contributed by atoms with Crippen LogP contribution in [0.15, 0.2) is 24.3 Å². The summed E-state index contributed by atoms with van der Waals surface area (Å²) < 4.78 is 0. The predicted octanol–water partition coefficient (Wildman–Crippen LogP) is 1.69. The molecule has 0 radical (unpaired) electrons. The van der Waals surface area contributed by atoms with E-state index in [1.165, 1.54) is 6.07 Å². The van der Waals surface area contributed by atoms with Gasteiger partial charge in [0.05, 0.1) is 15.4 Å². The zero-order chi connectivity index (χ0) is 17.8. The van der Waals surface area contributed by atoms with Crippen LogP contribution in [0.3, 0.4) is 0 Å². The lowest BCUT2D eigenvalue weighted by Crippen LogP contribution is -2.22. The van der Waals surface area contributed by atoms with Gasteiger partial charge in [0.2, 0.25) is 11.5 Å². The van der Waals surface area contributed by atoms with Crippen molar-refractivity contribution >= 4 is 22.9 Å². The third-order valence-electron chi connectivity index (χ3n) is 3.63. The topological polar surface area (TPSA) is 161 Å². The van der Waals surface area contributed by atoms with Crippen LogP contribution in [0, 0.1) is 20.2 Å². The molecule has 2 aromatic rings. The molecule has 0 amide bonds. The number of aromatic hydroxyl groups is 2. The lowest BCUT2D eigenvalue weighted by Gasteiger charge is -2.18. The summed E-state index contributed by atoms with van der Waals surface area (Å²) in [5, 5.41) is 41.5.